The van der Waals surface area contributed by atoms with Gasteiger partial charge in [-0.25, -0.2) is 9.78 Å². The summed E-state index contributed by atoms with van der Waals surface area (Å²) in [6.07, 6.45) is 14.6. The maximum Gasteiger partial charge on any atom is 0.409 e. The number of pyridine rings is 1. The molecule has 2 aromatic rings. The molecule has 0 spiro atoms. The van der Waals surface area contributed by atoms with Crippen LogP contribution in [0.3, 0.4) is 0 Å². The Kier molecular flexibility index (Phi) is 9.29. The fourth-order valence-corrected chi connectivity index (χ4v) is 12.3. The quantitative estimate of drug-likeness (QED) is 0.420. The number of amides is 3. The first-order chi connectivity index (χ1) is 25.4. The molecule has 10 atom stereocenters. The van der Waals surface area contributed by atoms with Crippen LogP contribution in [0.2, 0.25) is 0 Å². The topological polar surface area (TPSA) is 107 Å². The molecule has 2 aliphatic heterocycles. The van der Waals surface area contributed by atoms with Crippen LogP contribution < -0.4 is 0 Å². The Morgan fingerprint density at radius 3 is 2.45 bits per heavy atom. The minimum Gasteiger partial charge on any atom is -0.444 e. The van der Waals surface area contributed by atoms with E-state index >= 15 is 0 Å². The molecule has 3 amide bonds. The number of nitrogens with zero attached hydrogens (tertiary/aromatic N) is 5. The van der Waals surface area contributed by atoms with Crippen LogP contribution in [0.25, 0.3) is 10.9 Å². The third-order valence-corrected chi connectivity index (χ3v) is 15.4. The Bertz CT molecular complexity index is 1800. The van der Waals surface area contributed by atoms with Gasteiger partial charge in [-0.05, 0) is 105 Å². The van der Waals surface area contributed by atoms with Gasteiger partial charge in [0.2, 0.25) is 5.91 Å². The molecule has 1 N–H and O–H groups in total. The van der Waals surface area contributed by atoms with Crippen LogP contribution >= 0.6 is 0 Å². The van der Waals surface area contributed by atoms with Crippen LogP contribution in [0.4, 0.5) is 4.79 Å². The number of benzene rings is 1. The number of aromatic nitrogens is 1. The largest absolute Gasteiger partial charge is 0.444 e. The molecule has 6 fully saturated rings. The Hall–Kier alpha value is -3.68. The number of piperazine rings is 1. The molecule has 1 aromatic heterocycles. The van der Waals surface area contributed by atoms with Crippen molar-refractivity contribution in [3.63, 3.8) is 0 Å². The number of ether oxygens (including phenoxy) is 1. The number of hydrogen-bond donors (Lipinski definition) is 1. The van der Waals surface area contributed by atoms with Crippen LogP contribution in [-0.2, 0) is 9.53 Å². The van der Waals surface area contributed by atoms with Gasteiger partial charge < -0.3 is 24.5 Å². The predicted molar refractivity (Wildman–Crippen MR) is 203 cm³/mol. The van der Waals surface area contributed by atoms with Gasteiger partial charge in [0.05, 0.1) is 5.52 Å². The van der Waals surface area contributed by atoms with Crippen molar-refractivity contribution in [1.29, 1.82) is 0 Å². The van der Waals surface area contributed by atoms with Crippen LogP contribution in [0.15, 0.2) is 36.4 Å². The molecule has 0 bridgehead atoms. The molecule has 0 radical (unpaired) electrons. The highest BCUT2D eigenvalue weighted by Gasteiger charge is 2.65. The van der Waals surface area contributed by atoms with Crippen LogP contribution in [0, 0.1) is 46.8 Å². The zero-order chi connectivity index (χ0) is 37.3. The van der Waals surface area contributed by atoms with Crippen LogP contribution in [0.5, 0.6) is 0 Å². The van der Waals surface area contributed by atoms with Crippen molar-refractivity contribution in [3.05, 3.63) is 42.1 Å². The molecule has 10 heteroatoms. The van der Waals surface area contributed by atoms with Gasteiger partial charge >= 0.3 is 6.09 Å². The first-order valence-corrected chi connectivity index (χ1v) is 20.1. The van der Waals surface area contributed by atoms with Gasteiger partial charge in [-0.1, -0.05) is 44.0 Å². The summed E-state index contributed by atoms with van der Waals surface area (Å²) < 4.78 is 6.30. The zero-order valence-corrected chi connectivity index (χ0v) is 32.0. The summed E-state index contributed by atoms with van der Waals surface area (Å²) in [5.74, 6) is 4.62. The number of rotatable bonds is 4. The Morgan fingerprint density at radius 1 is 0.943 bits per heavy atom. The molecule has 53 heavy (non-hydrogen) atoms. The van der Waals surface area contributed by atoms with Crippen molar-refractivity contribution in [2.24, 2.45) is 34.5 Å². The van der Waals surface area contributed by atoms with Crippen molar-refractivity contribution >= 4 is 28.8 Å². The molecule has 1 aromatic carbocycles. The lowest BCUT2D eigenvalue weighted by Crippen LogP contribution is -2.63. The lowest BCUT2D eigenvalue weighted by atomic mass is 9.44. The molecule has 6 aliphatic rings. The van der Waals surface area contributed by atoms with E-state index in [0.29, 0.717) is 74.9 Å². The van der Waals surface area contributed by atoms with E-state index in [4.69, 9.17) is 11.2 Å². The highest BCUT2D eigenvalue weighted by Crippen LogP contribution is 2.68. The minimum absolute atomic E-state index is 0.0198. The monoisotopic (exact) mass is 723 g/mol. The smallest absolute Gasteiger partial charge is 0.409 e. The highest BCUT2D eigenvalue weighted by atomic mass is 16.6. The summed E-state index contributed by atoms with van der Waals surface area (Å²) in [7, 11) is 3.48. The van der Waals surface area contributed by atoms with E-state index in [0.717, 1.165) is 62.3 Å². The van der Waals surface area contributed by atoms with E-state index in [1.165, 1.54) is 4.90 Å². The number of fused-ring (bicyclic) bond motifs is 6. The summed E-state index contributed by atoms with van der Waals surface area (Å²) in [5.41, 5.74) is -0.0227. The van der Waals surface area contributed by atoms with Gasteiger partial charge in [0.1, 0.15) is 23.4 Å². The van der Waals surface area contributed by atoms with Crippen molar-refractivity contribution in [3.8, 4) is 12.3 Å². The lowest BCUT2D eigenvalue weighted by Gasteiger charge is -2.63. The first-order valence-electron chi connectivity index (χ1n) is 20.1. The van der Waals surface area contributed by atoms with E-state index in [1.54, 1.807) is 25.1 Å². The standard InChI is InChI=1S/C43H57N5O5/c1-6-43(52)20-18-32-30-15-14-29-26-37(53-40(51)45(4)5)36(27-41(29,2)31(30)17-19-42(32,43)3)46-22-24-47(25-23-46)39(50)35-12-9-21-48(35)38(49)34-16-13-28-10-7-8-11-33(28)44-34/h1,7-8,10-11,13,16,29-32,35-37,52H,9,12,14-15,17-27H2,2-5H3/t29?,30?,31?,32?,35?,36?,37-,41-,42?,43-/m0/s1. The second kappa shape index (κ2) is 13.6. The fourth-order valence-electron chi connectivity index (χ4n) is 12.3. The molecule has 2 saturated heterocycles. The second-order valence-electron chi connectivity index (χ2n) is 17.9. The van der Waals surface area contributed by atoms with Crippen molar-refractivity contribution in [2.75, 3.05) is 46.8 Å². The van der Waals surface area contributed by atoms with Gasteiger partial charge in [-0.15, -0.1) is 6.42 Å². The number of likely N-dealkylation sites (tertiary alicyclic amines) is 1. The maximum absolute atomic E-state index is 14.1. The average Bonchev–Trinajstić information content (AvgIpc) is 3.76. The van der Waals surface area contributed by atoms with Gasteiger partial charge in [-0.2, -0.15) is 0 Å². The molecule has 4 saturated carbocycles. The molecule has 3 heterocycles. The molecule has 10 nitrogen and oxygen atoms in total. The molecule has 8 rings (SSSR count). The second-order valence-corrected chi connectivity index (χ2v) is 17.9. The van der Waals surface area contributed by atoms with Gasteiger partial charge in [-0.3, -0.25) is 14.5 Å². The number of hydrogen-bond acceptors (Lipinski definition) is 7. The lowest BCUT2D eigenvalue weighted by molar-refractivity contribution is -0.164. The molecular formula is C43H57N5O5. The molecule has 284 valence electrons. The number of carbonyl (C=O) groups excluding carboxylic acids is 3. The minimum atomic E-state index is -1.02. The summed E-state index contributed by atoms with van der Waals surface area (Å²) in [6.45, 7) is 7.86. The normalized spacial score (nSPS) is 38.4. The summed E-state index contributed by atoms with van der Waals surface area (Å²) in [6, 6.07) is 11.0. The van der Waals surface area contributed by atoms with E-state index in [1.807, 2.05) is 35.2 Å². The van der Waals surface area contributed by atoms with E-state index < -0.39 is 11.6 Å². The predicted octanol–water partition coefficient (Wildman–Crippen LogP) is 5.44. The summed E-state index contributed by atoms with van der Waals surface area (Å²) >= 11 is 0. The van der Waals surface area contributed by atoms with Crippen LogP contribution in [-0.4, -0.2) is 118 Å². The number of para-hydroxylation sites is 1. The Morgan fingerprint density at radius 2 is 1.70 bits per heavy atom. The summed E-state index contributed by atoms with van der Waals surface area (Å²) in [5, 5.41) is 12.5. The van der Waals surface area contributed by atoms with E-state index in [9.17, 15) is 19.5 Å². The highest BCUT2D eigenvalue weighted by molar-refractivity contribution is 5.98. The number of aliphatic hydroxyl groups is 1. The Labute approximate surface area is 314 Å². The van der Waals surface area contributed by atoms with Crippen molar-refractivity contribution < 1.29 is 24.2 Å². The van der Waals surface area contributed by atoms with Gasteiger partial charge in [0, 0.05) is 63.7 Å². The number of carbonyl (C=O) groups is 3. The van der Waals surface area contributed by atoms with Gasteiger partial charge in [0.25, 0.3) is 5.91 Å². The maximum atomic E-state index is 14.1. The van der Waals surface area contributed by atoms with Gasteiger partial charge in [0.15, 0.2) is 0 Å². The third-order valence-electron chi connectivity index (χ3n) is 15.4. The SMILES string of the molecule is C#C[C@]1(O)CCC2C3CCC4C[C@H](OC(=O)N(C)C)C(N5CCN(C(=O)C6CCCN6C(=O)c6ccc7ccccc7n6)CC5)C[C@]4(C)C3CCC21C. The first kappa shape index (κ1) is 36.3. The summed E-state index contributed by atoms with van der Waals surface area (Å²) in [4.78, 5) is 53.2. The zero-order valence-electron chi connectivity index (χ0n) is 32.0. The average molecular weight is 724 g/mol. The number of terminal acetylenes is 1. The van der Waals surface area contributed by atoms with E-state index in [2.05, 4.69) is 29.7 Å². The van der Waals surface area contributed by atoms with Crippen LogP contribution in [0.1, 0.15) is 88.5 Å². The third kappa shape index (κ3) is 5.92. The van der Waals surface area contributed by atoms with Crippen molar-refractivity contribution in [1.82, 2.24) is 24.6 Å². The van der Waals surface area contributed by atoms with E-state index in [-0.39, 0.29) is 40.9 Å². The Balaban J connectivity index is 0.974. The molecule has 7 unspecified atom stereocenters. The molecular weight excluding hydrogens is 667 g/mol. The fraction of sp³-hybridized carbons (Fsp3) is 0.674. The van der Waals surface area contributed by atoms with Crippen molar-refractivity contribution in [2.45, 2.75) is 102 Å². The molecule has 4 aliphatic carbocycles.